The maximum absolute atomic E-state index is 12.2. The number of fused-ring (bicyclic) bond motifs is 1. The predicted molar refractivity (Wildman–Crippen MR) is 76.8 cm³/mol. The third-order valence-corrected chi connectivity index (χ3v) is 2.75. The van der Waals surface area contributed by atoms with Crippen LogP contribution in [0.2, 0.25) is 0 Å². The highest BCUT2D eigenvalue weighted by Gasteiger charge is 2.30. The minimum absolute atomic E-state index is 0.340. The van der Waals surface area contributed by atoms with Gasteiger partial charge in [-0.3, -0.25) is 0 Å². The van der Waals surface area contributed by atoms with E-state index < -0.39 is 16.6 Å². The molecule has 0 amide bonds. The molecule has 21 heavy (non-hydrogen) atoms. The average Bonchev–Trinajstić information content (AvgIpc) is 2.74. The molecule has 0 saturated heterocycles. The summed E-state index contributed by atoms with van der Waals surface area (Å²) < 4.78 is 11.3. The van der Waals surface area contributed by atoms with Crippen molar-refractivity contribution in [1.82, 2.24) is 4.57 Å². The van der Waals surface area contributed by atoms with Gasteiger partial charge in [0, 0.05) is 11.5 Å². The van der Waals surface area contributed by atoms with Crippen molar-refractivity contribution in [3.8, 4) is 5.75 Å². The summed E-state index contributed by atoms with van der Waals surface area (Å²) in [6.07, 6.45) is -0.783. The van der Waals surface area contributed by atoms with Crippen LogP contribution >= 0.6 is 0 Å². The van der Waals surface area contributed by atoms with Crippen molar-refractivity contribution in [2.45, 2.75) is 26.4 Å². The summed E-state index contributed by atoms with van der Waals surface area (Å²) in [6.45, 7) is 5.10. The molecule has 1 aromatic carbocycles. The van der Waals surface area contributed by atoms with Crippen molar-refractivity contribution in [2.75, 3.05) is 7.11 Å². The number of methoxy groups -OCH3 is 1. The SMILES string of the molecule is COc1ccc2c(c1)cc([N+](=O)[O-])n2C(=O)OC(C)(C)C. The molecule has 7 nitrogen and oxygen atoms in total. The van der Waals surface area contributed by atoms with Gasteiger partial charge in [-0.05, 0) is 43.9 Å². The van der Waals surface area contributed by atoms with E-state index in [2.05, 4.69) is 0 Å². The molecule has 0 aliphatic rings. The second-order valence-electron chi connectivity index (χ2n) is 5.50. The van der Waals surface area contributed by atoms with Crippen molar-refractivity contribution >= 4 is 22.8 Å². The number of nitro groups is 1. The Hall–Kier alpha value is -2.57. The van der Waals surface area contributed by atoms with Crippen LogP contribution in [0.25, 0.3) is 10.9 Å². The topological polar surface area (TPSA) is 83.6 Å². The third kappa shape index (κ3) is 2.96. The first kappa shape index (κ1) is 14.8. The number of aromatic nitrogens is 1. The summed E-state index contributed by atoms with van der Waals surface area (Å²) >= 11 is 0. The van der Waals surface area contributed by atoms with Gasteiger partial charge in [-0.15, -0.1) is 4.57 Å². The molecule has 1 aromatic heterocycles. The maximum atomic E-state index is 12.2. The Kier molecular flexibility index (Phi) is 3.59. The number of benzene rings is 1. The maximum Gasteiger partial charge on any atom is 0.513 e. The molecule has 0 fully saturated rings. The van der Waals surface area contributed by atoms with Crippen molar-refractivity contribution in [3.63, 3.8) is 0 Å². The van der Waals surface area contributed by atoms with Crippen molar-refractivity contribution in [2.24, 2.45) is 0 Å². The molecule has 0 aliphatic heterocycles. The second-order valence-corrected chi connectivity index (χ2v) is 5.50. The number of nitrogens with zero attached hydrogens (tertiary/aromatic N) is 2. The first-order chi connectivity index (χ1) is 9.73. The molecule has 0 atom stereocenters. The number of hydrogen-bond acceptors (Lipinski definition) is 5. The lowest BCUT2D eigenvalue weighted by atomic mass is 10.2. The van der Waals surface area contributed by atoms with Crippen molar-refractivity contribution < 1.29 is 19.2 Å². The standard InChI is InChI=1S/C14H16N2O5/c1-14(2,3)21-13(17)15-11-6-5-10(20-4)7-9(11)8-12(15)16(18)19/h5-8H,1-4H3. The highest BCUT2D eigenvalue weighted by atomic mass is 16.6. The van der Waals surface area contributed by atoms with Crippen LogP contribution in [0.5, 0.6) is 5.75 Å². The highest BCUT2D eigenvalue weighted by molar-refractivity contribution is 5.94. The van der Waals surface area contributed by atoms with E-state index in [0.29, 0.717) is 16.7 Å². The average molecular weight is 292 g/mol. The Bertz CT molecular complexity index is 712. The summed E-state index contributed by atoms with van der Waals surface area (Å²) in [5.74, 6) is 0.214. The summed E-state index contributed by atoms with van der Waals surface area (Å²) in [4.78, 5) is 22.8. The molecule has 0 bridgehead atoms. The molecule has 2 rings (SSSR count). The lowest BCUT2D eigenvalue weighted by Crippen LogP contribution is -2.27. The van der Waals surface area contributed by atoms with Crippen LogP contribution < -0.4 is 4.74 Å². The lowest BCUT2D eigenvalue weighted by Gasteiger charge is -2.17. The van der Waals surface area contributed by atoms with E-state index in [4.69, 9.17) is 9.47 Å². The largest absolute Gasteiger partial charge is 0.513 e. The molecule has 0 aliphatic carbocycles. The fourth-order valence-electron chi connectivity index (χ4n) is 1.94. The quantitative estimate of drug-likeness (QED) is 0.626. The van der Waals surface area contributed by atoms with E-state index >= 15 is 0 Å². The van der Waals surface area contributed by atoms with Gasteiger partial charge in [0.25, 0.3) is 0 Å². The number of hydrogen-bond donors (Lipinski definition) is 0. The molecular weight excluding hydrogens is 276 g/mol. The van der Waals surface area contributed by atoms with Crippen LogP contribution in [-0.2, 0) is 4.74 Å². The van der Waals surface area contributed by atoms with Gasteiger partial charge in [-0.25, -0.2) is 0 Å². The second kappa shape index (κ2) is 5.08. The minimum atomic E-state index is -0.783. The number of ether oxygens (including phenoxy) is 2. The van der Waals surface area contributed by atoms with E-state index in [1.807, 2.05) is 0 Å². The number of rotatable bonds is 2. The Morgan fingerprint density at radius 1 is 1.29 bits per heavy atom. The van der Waals surface area contributed by atoms with Crippen LogP contribution in [0.1, 0.15) is 20.8 Å². The number of carbonyl (C=O) groups excluding carboxylic acids is 1. The predicted octanol–water partition coefficient (Wildman–Crippen LogP) is 3.34. The van der Waals surface area contributed by atoms with Gasteiger partial charge < -0.3 is 19.6 Å². The fraction of sp³-hybridized carbons (Fsp3) is 0.357. The van der Waals surface area contributed by atoms with E-state index in [0.717, 1.165) is 4.57 Å². The van der Waals surface area contributed by atoms with Gasteiger partial charge >= 0.3 is 11.9 Å². The van der Waals surface area contributed by atoms with Gasteiger partial charge in [-0.1, -0.05) is 0 Å². The first-order valence-corrected chi connectivity index (χ1v) is 6.30. The van der Waals surface area contributed by atoms with E-state index in [1.54, 1.807) is 39.0 Å². The first-order valence-electron chi connectivity index (χ1n) is 6.30. The highest BCUT2D eigenvalue weighted by Crippen LogP contribution is 2.29. The minimum Gasteiger partial charge on any atom is -0.497 e. The molecule has 0 saturated carbocycles. The van der Waals surface area contributed by atoms with Gasteiger partial charge in [0.1, 0.15) is 16.9 Å². The fourth-order valence-corrected chi connectivity index (χ4v) is 1.94. The monoisotopic (exact) mass is 292 g/mol. The molecule has 0 radical (unpaired) electrons. The van der Waals surface area contributed by atoms with Crippen LogP contribution in [-0.4, -0.2) is 28.3 Å². The Balaban J connectivity index is 2.62. The lowest BCUT2D eigenvalue weighted by molar-refractivity contribution is -0.390. The smallest absolute Gasteiger partial charge is 0.497 e. The van der Waals surface area contributed by atoms with E-state index in [9.17, 15) is 14.9 Å². The normalized spacial score (nSPS) is 11.4. The van der Waals surface area contributed by atoms with E-state index in [-0.39, 0.29) is 5.82 Å². The summed E-state index contributed by atoms with van der Waals surface area (Å²) in [5, 5.41) is 11.7. The molecule has 112 valence electrons. The van der Waals surface area contributed by atoms with Crippen molar-refractivity contribution in [3.05, 3.63) is 34.4 Å². The zero-order valence-electron chi connectivity index (χ0n) is 12.2. The van der Waals surface area contributed by atoms with Gasteiger partial charge in [0.15, 0.2) is 0 Å². The van der Waals surface area contributed by atoms with Crippen molar-refractivity contribution in [1.29, 1.82) is 0 Å². The van der Waals surface area contributed by atoms with Crippen LogP contribution in [0, 0.1) is 10.1 Å². The summed E-state index contributed by atoms with van der Waals surface area (Å²) in [5.41, 5.74) is -0.342. The molecular formula is C14H16N2O5. The molecule has 0 unspecified atom stereocenters. The molecule has 2 aromatic rings. The molecule has 1 heterocycles. The molecule has 0 spiro atoms. The Labute approximate surface area is 121 Å². The third-order valence-electron chi connectivity index (χ3n) is 2.75. The van der Waals surface area contributed by atoms with Gasteiger partial charge in [-0.2, -0.15) is 4.79 Å². The molecule has 0 N–H and O–H groups in total. The van der Waals surface area contributed by atoms with Gasteiger partial charge in [0.2, 0.25) is 0 Å². The molecule has 7 heteroatoms. The Morgan fingerprint density at radius 3 is 2.48 bits per heavy atom. The zero-order valence-corrected chi connectivity index (χ0v) is 12.2. The Morgan fingerprint density at radius 2 is 1.95 bits per heavy atom. The van der Waals surface area contributed by atoms with Crippen LogP contribution in [0.3, 0.4) is 0 Å². The summed E-state index contributed by atoms with van der Waals surface area (Å²) in [6, 6.07) is 6.17. The summed E-state index contributed by atoms with van der Waals surface area (Å²) in [7, 11) is 1.50. The number of carbonyl (C=O) groups is 1. The van der Waals surface area contributed by atoms with E-state index in [1.165, 1.54) is 13.2 Å². The van der Waals surface area contributed by atoms with Gasteiger partial charge in [0.05, 0.1) is 7.11 Å². The van der Waals surface area contributed by atoms with Crippen LogP contribution in [0.4, 0.5) is 10.6 Å². The zero-order chi connectivity index (χ0) is 15.8. The van der Waals surface area contributed by atoms with Crippen LogP contribution in [0.15, 0.2) is 24.3 Å².